The summed E-state index contributed by atoms with van der Waals surface area (Å²) in [5.41, 5.74) is 2.39. The van der Waals surface area contributed by atoms with Gasteiger partial charge in [-0.05, 0) is 63.5 Å². The van der Waals surface area contributed by atoms with Crippen molar-refractivity contribution in [3.63, 3.8) is 0 Å². The lowest BCUT2D eigenvalue weighted by atomic mass is 9.65. The Morgan fingerprint density at radius 3 is 2.60 bits per heavy atom. The monoisotopic (exact) mass is 289 g/mol. The summed E-state index contributed by atoms with van der Waals surface area (Å²) in [5.74, 6) is 0. The van der Waals surface area contributed by atoms with Crippen LogP contribution in [0, 0.1) is 5.41 Å². The van der Waals surface area contributed by atoms with Crippen molar-refractivity contribution in [1.82, 2.24) is 5.32 Å². The minimum absolute atomic E-state index is 0.244. The maximum atomic E-state index is 3.75. The van der Waals surface area contributed by atoms with Crippen LogP contribution in [0.4, 0.5) is 0 Å². The van der Waals surface area contributed by atoms with Crippen molar-refractivity contribution in [2.24, 2.45) is 5.41 Å². The Bertz CT molecular complexity index is 446. The van der Waals surface area contributed by atoms with Gasteiger partial charge in [-0.3, -0.25) is 0 Å². The van der Waals surface area contributed by atoms with Gasteiger partial charge in [-0.1, -0.05) is 24.6 Å². The molecule has 0 radical (unpaired) electrons. The summed E-state index contributed by atoms with van der Waals surface area (Å²) in [4.78, 5) is 1.52. The van der Waals surface area contributed by atoms with Gasteiger partial charge in [-0.15, -0.1) is 11.8 Å². The van der Waals surface area contributed by atoms with E-state index in [9.17, 15) is 0 Å². The van der Waals surface area contributed by atoms with Crippen LogP contribution in [0.5, 0.6) is 0 Å². The molecule has 20 heavy (non-hydrogen) atoms. The summed E-state index contributed by atoms with van der Waals surface area (Å²) in [7, 11) is 0. The zero-order valence-corrected chi connectivity index (χ0v) is 13.9. The predicted octanol–water partition coefficient (Wildman–Crippen LogP) is 4.65. The molecule has 1 fully saturated rings. The van der Waals surface area contributed by atoms with Gasteiger partial charge in [0.2, 0.25) is 0 Å². The molecule has 1 aromatic carbocycles. The maximum absolute atomic E-state index is 3.75. The van der Waals surface area contributed by atoms with Crippen molar-refractivity contribution in [2.45, 2.75) is 68.6 Å². The molecule has 0 aromatic heterocycles. The minimum atomic E-state index is 0.244. The van der Waals surface area contributed by atoms with E-state index in [1.165, 1.54) is 43.5 Å². The topological polar surface area (TPSA) is 12.0 Å². The zero-order chi connectivity index (χ0) is 14.2. The molecule has 3 rings (SSSR count). The average molecular weight is 289 g/mol. The number of benzene rings is 1. The average Bonchev–Trinajstić information content (AvgIpc) is 2.73. The second-order valence-corrected chi connectivity index (χ2v) is 9.06. The van der Waals surface area contributed by atoms with Crippen LogP contribution in [0.1, 0.15) is 52.0 Å². The summed E-state index contributed by atoms with van der Waals surface area (Å²) >= 11 is 2.12. The van der Waals surface area contributed by atoms with Crippen molar-refractivity contribution in [3.05, 3.63) is 29.8 Å². The number of hydrogen-bond acceptors (Lipinski definition) is 2. The van der Waals surface area contributed by atoms with Gasteiger partial charge in [-0.25, -0.2) is 0 Å². The van der Waals surface area contributed by atoms with E-state index >= 15 is 0 Å². The summed E-state index contributed by atoms with van der Waals surface area (Å²) in [6.45, 7) is 8.03. The van der Waals surface area contributed by atoms with Gasteiger partial charge in [0.25, 0.3) is 0 Å². The fourth-order valence-electron chi connectivity index (χ4n) is 3.43. The van der Waals surface area contributed by atoms with E-state index in [1.54, 1.807) is 5.56 Å². The fraction of sp³-hybridized carbons (Fsp3) is 0.667. The number of fused-ring (bicyclic) bond motifs is 1. The molecule has 110 valence electrons. The summed E-state index contributed by atoms with van der Waals surface area (Å²) in [5, 5.41) is 4.55. The standard InChI is InChI=1S/C18H27NS/c1-17(2,3)19-13-18(9-6-10-18)12-15-11-14-7-4-5-8-16(14)20-15/h4-5,7-8,15,19H,6,9-13H2,1-3H3. The minimum Gasteiger partial charge on any atom is -0.312 e. The van der Waals surface area contributed by atoms with Gasteiger partial charge in [0.1, 0.15) is 0 Å². The first-order valence-electron chi connectivity index (χ1n) is 7.95. The first-order chi connectivity index (χ1) is 9.46. The number of hydrogen-bond donors (Lipinski definition) is 1. The molecule has 2 aliphatic rings. The molecule has 1 N–H and O–H groups in total. The van der Waals surface area contributed by atoms with Crippen LogP contribution in [0.3, 0.4) is 0 Å². The Morgan fingerprint density at radius 1 is 1.25 bits per heavy atom. The third kappa shape index (κ3) is 3.23. The molecular weight excluding hydrogens is 262 g/mol. The van der Waals surface area contributed by atoms with Gasteiger partial charge in [0, 0.05) is 22.2 Å². The van der Waals surface area contributed by atoms with E-state index in [-0.39, 0.29) is 5.54 Å². The van der Waals surface area contributed by atoms with Crippen LogP contribution in [-0.2, 0) is 6.42 Å². The molecule has 0 bridgehead atoms. The number of thioether (sulfide) groups is 1. The summed E-state index contributed by atoms with van der Waals surface area (Å²) in [6, 6.07) is 8.96. The van der Waals surface area contributed by atoms with Crippen LogP contribution in [-0.4, -0.2) is 17.3 Å². The van der Waals surface area contributed by atoms with Crippen LogP contribution in [0.15, 0.2) is 29.2 Å². The van der Waals surface area contributed by atoms with Crippen molar-refractivity contribution in [1.29, 1.82) is 0 Å². The quantitative estimate of drug-likeness (QED) is 0.865. The molecule has 1 nitrogen and oxygen atoms in total. The Hall–Kier alpha value is -0.470. The molecule has 1 aliphatic heterocycles. The highest BCUT2D eigenvalue weighted by Gasteiger charge is 2.40. The second-order valence-electron chi connectivity index (χ2n) is 7.71. The smallest absolute Gasteiger partial charge is 0.0141 e. The predicted molar refractivity (Wildman–Crippen MR) is 88.4 cm³/mol. The van der Waals surface area contributed by atoms with Crippen LogP contribution in [0.2, 0.25) is 0 Å². The normalized spacial score (nSPS) is 24.2. The van der Waals surface area contributed by atoms with Gasteiger partial charge in [0.15, 0.2) is 0 Å². The van der Waals surface area contributed by atoms with E-state index in [0.29, 0.717) is 5.41 Å². The maximum Gasteiger partial charge on any atom is 0.0141 e. The van der Waals surface area contributed by atoms with Crippen molar-refractivity contribution >= 4 is 11.8 Å². The Labute approximate surface area is 127 Å². The Kier molecular flexibility index (Phi) is 3.89. The lowest BCUT2D eigenvalue weighted by molar-refractivity contribution is 0.105. The molecular formula is C18H27NS. The van der Waals surface area contributed by atoms with Crippen LogP contribution >= 0.6 is 11.8 Å². The Morgan fingerprint density at radius 2 is 2.00 bits per heavy atom. The molecule has 1 unspecified atom stereocenters. The largest absolute Gasteiger partial charge is 0.312 e. The first-order valence-corrected chi connectivity index (χ1v) is 8.83. The highest BCUT2D eigenvalue weighted by molar-refractivity contribution is 8.00. The van der Waals surface area contributed by atoms with E-state index in [0.717, 1.165) is 5.25 Å². The number of nitrogens with one attached hydrogen (secondary N) is 1. The molecule has 2 heteroatoms. The van der Waals surface area contributed by atoms with Crippen LogP contribution in [0.25, 0.3) is 0 Å². The molecule has 0 spiro atoms. The molecule has 1 atom stereocenters. The van der Waals surface area contributed by atoms with Crippen molar-refractivity contribution in [3.8, 4) is 0 Å². The van der Waals surface area contributed by atoms with Gasteiger partial charge in [0.05, 0.1) is 0 Å². The second kappa shape index (κ2) is 5.38. The zero-order valence-electron chi connectivity index (χ0n) is 13.0. The molecule has 1 aliphatic carbocycles. The summed E-state index contributed by atoms with van der Waals surface area (Å²) in [6.07, 6.45) is 6.93. The lowest BCUT2D eigenvalue weighted by Crippen LogP contribution is -2.48. The van der Waals surface area contributed by atoms with Crippen molar-refractivity contribution in [2.75, 3.05) is 6.54 Å². The molecule has 1 aromatic rings. The third-order valence-corrected chi connectivity index (χ3v) is 6.10. The third-order valence-electron chi connectivity index (χ3n) is 4.78. The van der Waals surface area contributed by atoms with Gasteiger partial charge in [-0.2, -0.15) is 0 Å². The summed E-state index contributed by atoms with van der Waals surface area (Å²) < 4.78 is 0. The molecule has 0 amide bonds. The van der Waals surface area contributed by atoms with E-state index in [4.69, 9.17) is 0 Å². The first kappa shape index (κ1) is 14.5. The van der Waals surface area contributed by atoms with Crippen LogP contribution < -0.4 is 5.32 Å². The van der Waals surface area contributed by atoms with E-state index in [1.807, 2.05) is 0 Å². The fourth-order valence-corrected chi connectivity index (χ4v) is 4.95. The highest BCUT2D eigenvalue weighted by atomic mass is 32.2. The highest BCUT2D eigenvalue weighted by Crippen LogP contribution is 2.50. The van der Waals surface area contributed by atoms with Crippen molar-refractivity contribution < 1.29 is 0 Å². The van der Waals surface area contributed by atoms with Gasteiger partial charge < -0.3 is 5.32 Å². The lowest BCUT2D eigenvalue weighted by Gasteiger charge is -2.45. The van der Waals surface area contributed by atoms with E-state index < -0.39 is 0 Å². The number of rotatable bonds is 4. The van der Waals surface area contributed by atoms with E-state index in [2.05, 4.69) is 62.1 Å². The van der Waals surface area contributed by atoms with Gasteiger partial charge >= 0.3 is 0 Å². The SMILES string of the molecule is CC(C)(C)NCC1(CC2Cc3ccccc3S2)CCC1. The molecule has 0 saturated heterocycles. The molecule has 1 heterocycles. The Balaban J connectivity index is 1.60. The molecule has 1 saturated carbocycles.